The number of benzene rings is 2. The highest BCUT2D eigenvalue weighted by Gasteiger charge is 2.26. The van der Waals surface area contributed by atoms with E-state index >= 15 is 0 Å². The number of aryl methyl sites for hydroxylation is 1. The first kappa shape index (κ1) is 23.1. The first-order valence-corrected chi connectivity index (χ1v) is 10.8. The number of ketones is 1. The molecular formula is C24H29ClN2O4. The van der Waals surface area contributed by atoms with E-state index in [1.54, 1.807) is 26.4 Å². The molecule has 1 amide bonds. The van der Waals surface area contributed by atoms with Crippen molar-refractivity contribution in [3.8, 4) is 11.5 Å². The van der Waals surface area contributed by atoms with Gasteiger partial charge in [-0.2, -0.15) is 0 Å². The number of likely N-dealkylation sites (tertiary alicyclic amines) is 1. The van der Waals surface area contributed by atoms with Crippen molar-refractivity contribution in [2.75, 3.05) is 33.9 Å². The first-order chi connectivity index (χ1) is 14.9. The summed E-state index contributed by atoms with van der Waals surface area (Å²) in [5.41, 5.74) is 2.67. The van der Waals surface area contributed by atoms with Crippen LogP contribution in [0.3, 0.4) is 0 Å². The number of hydrogen-bond acceptors (Lipinski definition) is 5. The largest absolute Gasteiger partial charge is 0.493 e. The summed E-state index contributed by atoms with van der Waals surface area (Å²) in [7, 11) is 3.20. The van der Waals surface area contributed by atoms with E-state index in [9.17, 15) is 9.59 Å². The summed E-state index contributed by atoms with van der Waals surface area (Å²) >= 11 is 6.04. The maximum Gasteiger partial charge on any atom is 0.287 e. The van der Waals surface area contributed by atoms with Gasteiger partial charge in [0, 0.05) is 18.0 Å². The second kappa shape index (κ2) is 10.6. The van der Waals surface area contributed by atoms with E-state index in [1.165, 1.54) is 0 Å². The third-order valence-electron chi connectivity index (χ3n) is 5.67. The fourth-order valence-corrected chi connectivity index (χ4v) is 4.06. The van der Waals surface area contributed by atoms with Crippen LogP contribution in [-0.4, -0.2) is 50.4 Å². The van der Waals surface area contributed by atoms with Crippen molar-refractivity contribution in [3.05, 3.63) is 58.1 Å². The molecule has 2 aromatic rings. The highest BCUT2D eigenvalue weighted by Crippen LogP contribution is 2.33. The fraction of sp³-hybridized carbons (Fsp3) is 0.417. The minimum Gasteiger partial charge on any atom is -0.493 e. The predicted molar refractivity (Wildman–Crippen MR) is 121 cm³/mol. The zero-order valence-electron chi connectivity index (χ0n) is 18.2. The van der Waals surface area contributed by atoms with E-state index in [4.69, 9.17) is 21.1 Å². The minimum atomic E-state index is -0.572. The Hall–Kier alpha value is -2.57. The van der Waals surface area contributed by atoms with Crippen LogP contribution in [-0.2, 0) is 16.0 Å². The lowest BCUT2D eigenvalue weighted by Gasteiger charge is -2.28. The third-order valence-corrected chi connectivity index (χ3v) is 6.09. The van der Waals surface area contributed by atoms with E-state index in [1.807, 2.05) is 31.2 Å². The summed E-state index contributed by atoms with van der Waals surface area (Å²) < 4.78 is 10.8. The van der Waals surface area contributed by atoms with Crippen molar-refractivity contribution in [1.29, 1.82) is 0 Å². The molecule has 3 rings (SSSR count). The van der Waals surface area contributed by atoms with Crippen LogP contribution in [0.15, 0.2) is 36.4 Å². The second-order valence-electron chi connectivity index (χ2n) is 7.77. The molecule has 1 aliphatic heterocycles. The van der Waals surface area contributed by atoms with Gasteiger partial charge in [-0.1, -0.05) is 29.8 Å². The molecule has 166 valence electrons. The van der Waals surface area contributed by atoms with Crippen LogP contribution in [0.1, 0.15) is 35.6 Å². The Kier molecular flexibility index (Phi) is 7.93. The summed E-state index contributed by atoms with van der Waals surface area (Å²) in [6, 6.07) is 11.1. The number of Topliss-reactive ketones (excluding diaryl/α,β-unsaturated/α-hetero) is 1. The van der Waals surface area contributed by atoms with Crippen LogP contribution in [0.4, 0.5) is 0 Å². The summed E-state index contributed by atoms with van der Waals surface area (Å²) in [5.74, 6) is 0.264. The first-order valence-electron chi connectivity index (χ1n) is 10.4. The van der Waals surface area contributed by atoms with Crippen LogP contribution in [0.25, 0.3) is 0 Å². The van der Waals surface area contributed by atoms with Crippen molar-refractivity contribution in [2.45, 2.75) is 32.2 Å². The maximum absolute atomic E-state index is 12.5. The molecule has 1 unspecified atom stereocenters. The molecule has 7 heteroatoms. The van der Waals surface area contributed by atoms with Crippen LogP contribution in [0, 0.1) is 6.92 Å². The zero-order valence-corrected chi connectivity index (χ0v) is 19.0. The molecule has 2 aromatic carbocycles. The van der Waals surface area contributed by atoms with Gasteiger partial charge >= 0.3 is 0 Å². The Morgan fingerprint density at radius 2 is 1.77 bits per heavy atom. The summed E-state index contributed by atoms with van der Waals surface area (Å²) in [6.07, 6.45) is 2.29. The lowest BCUT2D eigenvalue weighted by molar-refractivity contribution is -0.137. The molecule has 1 fully saturated rings. The number of amides is 1. The van der Waals surface area contributed by atoms with Crippen LogP contribution in [0.2, 0.25) is 5.02 Å². The molecule has 1 aliphatic rings. The molecule has 0 spiro atoms. The number of hydrogen-bond donors (Lipinski definition) is 1. The number of carbonyl (C=O) groups is 2. The number of nitrogens with zero attached hydrogens (tertiary/aromatic N) is 1. The van der Waals surface area contributed by atoms with Crippen LogP contribution >= 0.6 is 11.6 Å². The standard InChI is InChI=1S/C24H29ClN2O4/c1-16-12-17(6-8-19(16)25)13-21(28)24(29)26-15-20(27-10-4-5-11-27)18-7-9-22(30-2)23(14-18)31-3/h6-9,12,14,20H,4-5,10-11,13,15H2,1-3H3,(H,26,29). The fourth-order valence-electron chi connectivity index (χ4n) is 3.94. The van der Waals surface area contributed by atoms with E-state index in [2.05, 4.69) is 10.2 Å². The van der Waals surface area contributed by atoms with Gasteiger partial charge in [0.05, 0.1) is 20.3 Å². The summed E-state index contributed by atoms with van der Waals surface area (Å²) in [6.45, 7) is 4.12. The van der Waals surface area contributed by atoms with Crippen molar-refractivity contribution in [2.24, 2.45) is 0 Å². The third kappa shape index (κ3) is 5.77. The molecule has 0 aliphatic carbocycles. The number of halogens is 1. The Labute approximate surface area is 188 Å². The van der Waals surface area contributed by atoms with Gasteiger partial charge in [-0.05, 0) is 67.7 Å². The number of methoxy groups -OCH3 is 2. The predicted octanol–water partition coefficient (Wildman–Crippen LogP) is 3.73. The lowest BCUT2D eigenvalue weighted by atomic mass is 10.0. The van der Waals surface area contributed by atoms with Crippen molar-refractivity contribution in [1.82, 2.24) is 10.2 Å². The Balaban J connectivity index is 1.69. The van der Waals surface area contributed by atoms with Gasteiger partial charge in [0.25, 0.3) is 5.91 Å². The molecule has 0 aromatic heterocycles. The van der Waals surface area contributed by atoms with E-state index in [-0.39, 0.29) is 12.5 Å². The van der Waals surface area contributed by atoms with Gasteiger partial charge in [-0.25, -0.2) is 0 Å². The molecule has 0 saturated carbocycles. The van der Waals surface area contributed by atoms with Gasteiger partial charge in [-0.15, -0.1) is 0 Å². The Morgan fingerprint density at radius 1 is 1.06 bits per heavy atom. The SMILES string of the molecule is COc1ccc(C(CNC(=O)C(=O)Cc2ccc(Cl)c(C)c2)N2CCCC2)cc1OC. The topological polar surface area (TPSA) is 67.9 Å². The molecule has 6 nitrogen and oxygen atoms in total. The molecule has 1 saturated heterocycles. The number of rotatable bonds is 9. The number of carbonyl (C=O) groups excluding carboxylic acids is 2. The van der Waals surface area contributed by atoms with Gasteiger partial charge in [0.1, 0.15) is 0 Å². The second-order valence-corrected chi connectivity index (χ2v) is 8.17. The van der Waals surface area contributed by atoms with Gasteiger partial charge in [0.15, 0.2) is 11.5 Å². The normalized spacial score (nSPS) is 14.8. The average Bonchev–Trinajstić information content (AvgIpc) is 3.30. The zero-order chi connectivity index (χ0) is 22.4. The quantitative estimate of drug-likeness (QED) is 0.597. The van der Waals surface area contributed by atoms with Crippen molar-refractivity contribution >= 4 is 23.3 Å². The molecule has 31 heavy (non-hydrogen) atoms. The minimum absolute atomic E-state index is 0.0446. The molecule has 0 radical (unpaired) electrons. The highest BCUT2D eigenvalue weighted by molar-refractivity contribution is 6.36. The Morgan fingerprint density at radius 3 is 2.42 bits per heavy atom. The smallest absolute Gasteiger partial charge is 0.287 e. The van der Waals surface area contributed by atoms with Gasteiger partial charge in [-0.3, -0.25) is 14.5 Å². The van der Waals surface area contributed by atoms with E-state index in [0.29, 0.717) is 23.1 Å². The Bertz CT molecular complexity index is 941. The molecule has 1 atom stereocenters. The lowest BCUT2D eigenvalue weighted by Crippen LogP contribution is -2.40. The van der Waals surface area contributed by atoms with Crippen molar-refractivity contribution < 1.29 is 19.1 Å². The summed E-state index contributed by atoms with van der Waals surface area (Å²) in [5, 5.41) is 3.48. The van der Waals surface area contributed by atoms with Crippen molar-refractivity contribution in [3.63, 3.8) is 0 Å². The molecule has 0 bridgehead atoms. The van der Waals surface area contributed by atoms with E-state index in [0.717, 1.165) is 42.6 Å². The molecule has 1 N–H and O–H groups in total. The highest BCUT2D eigenvalue weighted by atomic mass is 35.5. The van der Waals surface area contributed by atoms with Gasteiger partial charge < -0.3 is 14.8 Å². The monoisotopic (exact) mass is 444 g/mol. The number of nitrogens with one attached hydrogen (secondary N) is 1. The van der Waals surface area contributed by atoms with E-state index < -0.39 is 11.7 Å². The maximum atomic E-state index is 12.5. The number of ether oxygens (including phenoxy) is 2. The van der Waals surface area contributed by atoms with Gasteiger partial charge in [0.2, 0.25) is 5.78 Å². The molecular weight excluding hydrogens is 416 g/mol. The average molecular weight is 445 g/mol. The molecule has 1 heterocycles. The van der Waals surface area contributed by atoms with Crippen LogP contribution in [0.5, 0.6) is 11.5 Å². The summed E-state index contributed by atoms with van der Waals surface area (Å²) in [4.78, 5) is 27.3. The van der Waals surface area contributed by atoms with Crippen LogP contribution < -0.4 is 14.8 Å².